The molecule has 2 aromatic carbocycles. The number of aromatic amines is 1. The first-order valence-electron chi connectivity index (χ1n) is 10.1. The molecule has 0 unspecified atom stereocenters. The third kappa shape index (κ3) is 3.76. The number of rotatable bonds is 4. The number of carbonyl (C=O) groups is 3. The lowest BCUT2D eigenvalue weighted by atomic mass is 9.92. The summed E-state index contributed by atoms with van der Waals surface area (Å²) in [6.45, 7) is 7.46. The Morgan fingerprint density at radius 1 is 1.13 bits per heavy atom. The first kappa shape index (κ1) is 20.6. The van der Waals surface area contributed by atoms with Gasteiger partial charge in [0.15, 0.2) is 0 Å². The molecule has 0 spiro atoms. The molecule has 3 aromatic rings. The molecule has 1 fully saturated rings. The number of fused-ring (bicyclic) bond motifs is 1. The van der Waals surface area contributed by atoms with Crippen molar-refractivity contribution < 1.29 is 14.4 Å². The van der Waals surface area contributed by atoms with E-state index in [1.807, 2.05) is 12.1 Å². The number of urea groups is 1. The summed E-state index contributed by atoms with van der Waals surface area (Å²) in [5.41, 5.74) is 1.49. The second kappa shape index (κ2) is 7.23. The van der Waals surface area contributed by atoms with Crippen LogP contribution in [0.5, 0.6) is 0 Å². The molecule has 2 heterocycles. The summed E-state index contributed by atoms with van der Waals surface area (Å²) in [5.74, 6) is -0.0704. The van der Waals surface area contributed by atoms with Gasteiger partial charge in [-0.25, -0.2) is 9.78 Å². The van der Waals surface area contributed by atoms with Gasteiger partial charge in [0.25, 0.3) is 5.91 Å². The number of anilines is 1. The molecule has 160 valence electrons. The summed E-state index contributed by atoms with van der Waals surface area (Å²) in [7, 11) is 0. The zero-order valence-corrected chi connectivity index (χ0v) is 17.9. The van der Waals surface area contributed by atoms with Crippen molar-refractivity contribution in [1.82, 2.24) is 20.2 Å². The minimum Gasteiger partial charge on any atom is -0.341 e. The highest BCUT2D eigenvalue weighted by molar-refractivity contribution is 6.10. The lowest BCUT2D eigenvalue weighted by Crippen LogP contribution is -2.42. The molecular weight excluding hydrogens is 394 g/mol. The molecule has 0 radical (unpaired) electrons. The largest absolute Gasteiger partial charge is 0.341 e. The van der Waals surface area contributed by atoms with Gasteiger partial charge in [0.05, 0.1) is 11.0 Å². The van der Waals surface area contributed by atoms with E-state index in [-0.39, 0.29) is 12.0 Å². The standard InChI is InChI=1S/C23H25N5O3/c1-22(2,3)19-25-16-11-10-15(12-17(16)26-19)24-18(29)13-28-20(30)23(4,27-21(28)31)14-8-6-5-7-9-14/h5-12H,13H2,1-4H3,(H,24,29)(H,25,26)(H,27,31)/t23-/m1/s1. The van der Waals surface area contributed by atoms with E-state index in [1.165, 1.54) is 0 Å². The Bertz CT molecular complexity index is 1180. The van der Waals surface area contributed by atoms with Crippen molar-refractivity contribution in [2.45, 2.75) is 38.6 Å². The fourth-order valence-electron chi connectivity index (χ4n) is 3.59. The van der Waals surface area contributed by atoms with Crippen LogP contribution in [0, 0.1) is 0 Å². The fourth-order valence-corrected chi connectivity index (χ4v) is 3.59. The summed E-state index contributed by atoms with van der Waals surface area (Å²) in [4.78, 5) is 46.8. The molecule has 0 saturated carbocycles. The third-order valence-corrected chi connectivity index (χ3v) is 5.40. The second-order valence-corrected chi connectivity index (χ2v) is 8.93. The van der Waals surface area contributed by atoms with E-state index in [0.717, 1.165) is 21.8 Å². The lowest BCUT2D eigenvalue weighted by molar-refractivity contribution is -0.133. The van der Waals surface area contributed by atoms with Gasteiger partial charge in [-0.15, -0.1) is 0 Å². The van der Waals surface area contributed by atoms with Gasteiger partial charge in [-0.3, -0.25) is 14.5 Å². The molecule has 8 nitrogen and oxygen atoms in total. The second-order valence-electron chi connectivity index (χ2n) is 8.93. The van der Waals surface area contributed by atoms with E-state index in [9.17, 15) is 14.4 Å². The third-order valence-electron chi connectivity index (χ3n) is 5.40. The van der Waals surface area contributed by atoms with Crippen LogP contribution >= 0.6 is 0 Å². The number of imidazole rings is 1. The van der Waals surface area contributed by atoms with Crippen LogP contribution in [0.15, 0.2) is 48.5 Å². The Kier molecular flexibility index (Phi) is 4.80. The van der Waals surface area contributed by atoms with Crippen molar-refractivity contribution in [2.24, 2.45) is 0 Å². The number of aromatic nitrogens is 2. The van der Waals surface area contributed by atoms with Crippen molar-refractivity contribution >= 4 is 34.6 Å². The smallest absolute Gasteiger partial charge is 0.325 e. The van der Waals surface area contributed by atoms with Crippen molar-refractivity contribution in [3.63, 3.8) is 0 Å². The molecule has 31 heavy (non-hydrogen) atoms. The zero-order valence-electron chi connectivity index (χ0n) is 17.9. The number of carbonyl (C=O) groups excluding carboxylic acids is 3. The maximum atomic E-state index is 12.9. The van der Waals surface area contributed by atoms with Crippen molar-refractivity contribution in [3.05, 3.63) is 59.9 Å². The first-order chi connectivity index (χ1) is 14.6. The summed E-state index contributed by atoms with van der Waals surface area (Å²) in [6, 6.07) is 13.7. The maximum absolute atomic E-state index is 12.9. The Hall–Kier alpha value is -3.68. The van der Waals surface area contributed by atoms with Gasteiger partial charge in [0, 0.05) is 11.1 Å². The molecule has 1 aliphatic rings. The van der Waals surface area contributed by atoms with Crippen molar-refractivity contribution in [1.29, 1.82) is 0 Å². The monoisotopic (exact) mass is 419 g/mol. The van der Waals surface area contributed by atoms with Crippen LogP contribution in [0.3, 0.4) is 0 Å². The molecule has 1 atom stereocenters. The Morgan fingerprint density at radius 3 is 2.52 bits per heavy atom. The van der Waals surface area contributed by atoms with E-state index in [1.54, 1.807) is 43.3 Å². The average Bonchev–Trinajstić information content (AvgIpc) is 3.24. The SMILES string of the molecule is CC(C)(C)c1nc2ccc(NC(=O)CN3C(=O)N[C@](C)(c4ccccc4)C3=O)cc2[nH]1. The molecule has 4 amide bonds. The summed E-state index contributed by atoms with van der Waals surface area (Å²) in [6.07, 6.45) is 0. The van der Waals surface area contributed by atoms with Gasteiger partial charge in [0.1, 0.15) is 17.9 Å². The van der Waals surface area contributed by atoms with Gasteiger partial charge in [-0.2, -0.15) is 0 Å². The lowest BCUT2D eigenvalue weighted by Gasteiger charge is -2.22. The molecular formula is C23H25N5O3. The Labute approximate surface area is 180 Å². The number of amides is 4. The Balaban J connectivity index is 1.48. The summed E-state index contributed by atoms with van der Waals surface area (Å²) >= 11 is 0. The van der Waals surface area contributed by atoms with Crippen LogP contribution in [0.1, 0.15) is 39.1 Å². The van der Waals surface area contributed by atoms with E-state index < -0.39 is 23.4 Å². The number of hydrogen-bond acceptors (Lipinski definition) is 4. The number of hydrogen-bond donors (Lipinski definition) is 3. The predicted molar refractivity (Wildman–Crippen MR) is 117 cm³/mol. The summed E-state index contributed by atoms with van der Waals surface area (Å²) < 4.78 is 0. The number of imide groups is 1. The van der Waals surface area contributed by atoms with Crippen LogP contribution in [0.25, 0.3) is 11.0 Å². The van der Waals surface area contributed by atoms with Gasteiger partial charge in [0.2, 0.25) is 5.91 Å². The van der Waals surface area contributed by atoms with Crippen LogP contribution in [-0.4, -0.2) is 39.3 Å². The van der Waals surface area contributed by atoms with Crippen LogP contribution in [0.2, 0.25) is 0 Å². The van der Waals surface area contributed by atoms with Gasteiger partial charge in [-0.05, 0) is 30.7 Å². The molecule has 1 aliphatic heterocycles. The molecule has 0 bridgehead atoms. The van der Waals surface area contributed by atoms with E-state index in [4.69, 9.17) is 0 Å². The highest BCUT2D eigenvalue weighted by atomic mass is 16.2. The first-order valence-corrected chi connectivity index (χ1v) is 10.1. The molecule has 3 N–H and O–H groups in total. The quantitative estimate of drug-likeness (QED) is 0.564. The zero-order chi connectivity index (χ0) is 22.4. The maximum Gasteiger partial charge on any atom is 0.325 e. The molecule has 4 rings (SSSR count). The number of benzene rings is 2. The average molecular weight is 419 g/mol. The number of nitrogens with zero attached hydrogens (tertiary/aromatic N) is 2. The minimum atomic E-state index is -1.20. The van der Waals surface area contributed by atoms with Crippen LogP contribution in [-0.2, 0) is 20.5 Å². The van der Waals surface area contributed by atoms with Gasteiger partial charge >= 0.3 is 6.03 Å². The molecule has 8 heteroatoms. The fraction of sp³-hybridized carbons (Fsp3) is 0.304. The van der Waals surface area contributed by atoms with Crippen LogP contribution in [0.4, 0.5) is 10.5 Å². The summed E-state index contributed by atoms with van der Waals surface area (Å²) in [5, 5.41) is 5.46. The van der Waals surface area contributed by atoms with Crippen molar-refractivity contribution in [3.8, 4) is 0 Å². The van der Waals surface area contributed by atoms with Crippen molar-refractivity contribution in [2.75, 3.05) is 11.9 Å². The van der Waals surface area contributed by atoms with E-state index >= 15 is 0 Å². The topological polar surface area (TPSA) is 107 Å². The minimum absolute atomic E-state index is 0.128. The highest BCUT2D eigenvalue weighted by Gasteiger charge is 2.49. The van der Waals surface area contributed by atoms with E-state index in [2.05, 4.69) is 41.4 Å². The van der Waals surface area contributed by atoms with Gasteiger partial charge in [-0.1, -0.05) is 51.1 Å². The normalized spacial score (nSPS) is 19.0. The molecule has 1 aromatic heterocycles. The van der Waals surface area contributed by atoms with Gasteiger partial charge < -0.3 is 15.6 Å². The molecule has 0 aliphatic carbocycles. The Morgan fingerprint density at radius 2 is 1.84 bits per heavy atom. The predicted octanol–water partition coefficient (Wildman–Crippen LogP) is 3.27. The van der Waals surface area contributed by atoms with E-state index in [0.29, 0.717) is 11.3 Å². The number of nitrogens with one attached hydrogen (secondary N) is 3. The highest BCUT2D eigenvalue weighted by Crippen LogP contribution is 2.29. The number of H-pyrrole nitrogens is 1. The molecule has 1 saturated heterocycles. The van der Waals surface area contributed by atoms with Crippen LogP contribution < -0.4 is 10.6 Å².